The lowest BCUT2D eigenvalue weighted by Crippen LogP contribution is -2.06. The Morgan fingerprint density at radius 3 is 2.33 bits per heavy atom. The lowest BCUT2D eigenvalue weighted by Gasteiger charge is -1.97. The molecule has 3 aromatic carbocycles. The maximum Gasteiger partial charge on any atom is 0.136 e. The number of nitrogens with two attached hydrogens (primary N) is 1. The minimum atomic E-state index is 0.903. The molecule has 2 aromatic heterocycles. The molecule has 0 saturated heterocycles. The van der Waals surface area contributed by atoms with E-state index in [0.717, 1.165) is 43.7 Å². The molecule has 0 unspecified atom stereocenters. The zero-order valence-electron chi connectivity index (χ0n) is 11.2. The number of nitrogen functional groups attached to an aromatic ring is 1. The first-order chi connectivity index (χ1) is 10.3. The van der Waals surface area contributed by atoms with Crippen molar-refractivity contribution in [1.29, 1.82) is 0 Å². The van der Waals surface area contributed by atoms with Crippen LogP contribution in [0.25, 0.3) is 43.7 Å². The molecule has 0 amide bonds. The van der Waals surface area contributed by atoms with Crippen LogP contribution >= 0.6 is 0 Å². The van der Waals surface area contributed by atoms with Crippen LogP contribution in [0.15, 0.2) is 65.1 Å². The standard InChI is InChI=1S/C18H12N2O/c19-20-13-7-3-1-5-11(13)17-14(20)9-10-16-18(17)12-6-2-4-8-15(12)21-16/h1-10H,19H2. The number of fused-ring (bicyclic) bond motifs is 7. The largest absolute Gasteiger partial charge is 0.456 e. The molecule has 0 spiro atoms. The van der Waals surface area contributed by atoms with Crippen LogP contribution in [0.1, 0.15) is 0 Å². The van der Waals surface area contributed by atoms with E-state index in [1.807, 2.05) is 48.5 Å². The third kappa shape index (κ3) is 1.23. The average molecular weight is 272 g/mol. The fourth-order valence-corrected chi connectivity index (χ4v) is 3.30. The minimum Gasteiger partial charge on any atom is -0.456 e. The number of furan rings is 1. The number of rotatable bonds is 0. The summed E-state index contributed by atoms with van der Waals surface area (Å²) in [6.45, 7) is 0. The van der Waals surface area contributed by atoms with Crippen molar-refractivity contribution in [2.45, 2.75) is 0 Å². The van der Waals surface area contributed by atoms with E-state index in [1.165, 1.54) is 0 Å². The number of hydrogen-bond donors (Lipinski definition) is 1. The summed E-state index contributed by atoms with van der Waals surface area (Å²) in [5, 5.41) is 4.60. The molecule has 3 heteroatoms. The molecule has 100 valence electrons. The summed E-state index contributed by atoms with van der Waals surface area (Å²) < 4.78 is 7.72. The molecule has 0 aliphatic heterocycles. The summed E-state index contributed by atoms with van der Waals surface area (Å²) in [7, 11) is 0. The van der Waals surface area contributed by atoms with Crippen LogP contribution in [0, 0.1) is 0 Å². The van der Waals surface area contributed by atoms with Crippen molar-refractivity contribution in [3.05, 3.63) is 60.7 Å². The Morgan fingerprint density at radius 2 is 1.43 bits per heavy atom. The van der Waals surface area contributed by atoms with Crippen molar-refractivity contribution in [2.75, 3.05) is 5.84 Å². The Hall–Kier alpha value is -2.94. The van der Waals surface area contributed by atoms with Crippen LogP contribution in [0.5, 0.6) is 0 Å². The van der Waals surface area contributed by atoms with Gasteiger partial charge in [0.15, 0.2) is 0 Å². The van der Waals surface area contributed by atoms with E-state index in [9.17, 15) is 0 Å². The van der Waals surface area contributed by atoms with Gasteiger partial charge in [-0.1, -0.05) is 36.4 Å². The average Bonchev–Trinajstić information content (AvgIpc) is 3.04. The molecule has 5 aromatic rings. The molecule has 2 heterocycles. The number of hydrogen-bond acceptors (Lipinski definition) is 2. The maximum absolute atomic E-state index is 6.26. The van der Waals surface area contributed by atoms with E-state index in [0.29, 0.717) is 0 Å². The predicted molar refractivity (Wildman–Crippen MR) is 86.9 cm³/mol. The highest BCUT2D eigenvalue weighted by molar-refractivity contribution is 6.26. The lowest BCUT2D eigenvalue weighted by molar-refractivity contribution is 0.669. The second-order valence-electron chi connectivity index (χ2n) is 5.32. The highest BCUT2D eigenvalue weighted by Gasteiger charge is 2.15. The van der Waals surface area contributed by atoms with Crippen LogP contribution in [0.3, 0.4) is 0 Å². The highest BCUT2D eigenvalue weighted by Crippen LogP contribution is 2.38. The van der Waals surface area contributed by atoms with Crippen molar-refractivity contribution in [3.8, 4) is 0 Å². The number of nitrogens with zero attached hydrogens (tertiary/aromatic N) is 1. The molecule has 0 radical (unpaired) electrons. The van der Waals surface area contributed by atoms with Gasteiger partial charge in [0.05, 0.1) is 11.0 Å². The van der Waals surface area contributed by atoms with Gasteiger partial charge in [-0.15, -0.1) is 0 Å². The van der Waals surface area contributed by atoms with E-state index >= 15 is 0 Å². The fraction of sp³-hybridized carbons (Fsp3) is 0. The second-order valence-corrected chi connectivity index (χ2v) is 5.32. The summed E-state index contributed by atoms with van der Waals surface area (Å²) in [6.07, 6.45) is 0. The van der Waals surface area contributed by atoms with Gasteiger partial charge in [-0.2, -0.15) is 0 Å². The SMILES string of the molecule is Nn1c2ccccc2c2c3c(ccc21)oc1ccccc13. The van der Waals surface area contributed by atoms with Crippen LogP contribution < -0.4 is 5.84 Å². The van der Waals surface area contributed by atoms with Gasteiger partial charge < -0.3 is 10.3 Å². The molecule has 0 bridgehead atoms. The predicted octanol–water partition coefficient (Wildman–Crippen LogP) is 4.41. The van der Waals surface area contributed by atoms with Crippen LogP contribution in [0.4, 0.5) is 0 Å². The first-order valence-electron chi connectivity index (χ1n) is 6.93. The van der Waals surface area contributed by atoms with Crippen LogP contribution in [-0.2, 0) is 0 Å². The Morgan fingerprint density at radius 1 is 0.667 bits per heavy atom. The van der Waals surface area contributed by atoms with Gasteiger partial charge in [0.2, 0.25) is 0 Å². The van der Waals surface area contributed by atoms with Crippen LogP contribution in [-0.4, -0.2) is 4.68 Å². The third-order valence-corrected chi connectivity index (χ3v) is 4.21. The minimum absolute atomic E-state index is 0.903. The Balaban J connectivity index is 2.20. The molecule has 2 N–H and O–H groups in total. The number of aromatic nitrogens is 1. The molecule has 5 rings (SSSR count). The molecule has 3 nitrogen and oxygen atoms in total. The van der Waals surface area contributed by atoms with Gasteiger partial charge in [0.1, 0.15) is 11.2 Å². The molecule has 0 aliphatic carbocycles. The van der Waals surface area contributed by atoms with Crippen molar-refractivity contribution in [1.82, 2.24) is 4.68 Å². The van der Waals surface area contributed by atoms with Crippen molar-refractivity contribution in [3.63, 3.8) is 0 Å². The molecule has 0 fully saturated rings. The summed E-state index contributed by atoms with van der Waals surface area (Å²) in [6, 6.07) is 20.4. The second kappa shape index (κ2) is 3.58. The van der Waals surface area contributed by atoms with Gasteiger partial charge >= 0.3 is 0 Å². The summed E-state index contributed by atoms with van der Waals surface area (Å²) in [5.74, 6) is 6.26. The molecule has 0 atom stereocenters. The first-order valence-corrected chi connectivity index (χ1v) is 6.93. The van der Waals surface area contributed by atoms with Crippen molar-refractivity contribution >= 4 is 43.7 Å². The van der Waals surface area contributed by atoms with Gasteiger partial charge in [0.25, 0.3) is 0 Å². The third-order valence-electron chi connectivity index (χ3n) is 4.21. The van der Waals surface area contributed by atoms with E-state index in [4.69, 9.17) is 10.3 Å². The number of para-hydroxylation sites is 2. The van der Waals surface area contributed by atoms with Gasteiger partial charge in [-0.05, 0) is 24.3 Å². The summed E-state index contributed by atoms with van der Waals surface area (Å²) in [5.41, 5.74) is 3.87. The van der Waals surface area contributed by atoms with Gasteiger partial charge in [-0.3, -0.25) is 4.68 Å². The molecular formula is C18H12N2O. The zero-order valence-corrected chi connectivity index (χ0v) is 11.2. The quantitative estimate of drug-likeness (QED) is 0.424. The van der Waals surface area contributed by atoms with Gasteiger partial charge in [-0.25, -0.2) is 0 Å². The van der Waals surface area contributed by atoms with E-state index < -0.39 is 0 Å². The molecule has 0 aliphatic rings. The first kappa shape index (κ1) is 10.8. The summed E-state index contributed by atoms with van der Waals surface area (Å²) in [4.78, 5) is 0. The highest BCUT2D eigenvalue weighted by atomic mass is 16.3. The van der Waals surface area contributed by atoms with E-state index in [1.54, 1.807) is 4.68 Å². The normalized spacial score (nSPS) is 12.0. The van der Waals surface area contributed by atoms with Crippen LogP contribution in [0.2, 0.25) is 0 Å². The molecule has 0 saturated carbocycles. The topological polar surface area (TPSA) is 44.1 Å². The fourth-order valence-electron chi connectivity index (χ4n) is 3.30. The van der Waals surface area contributed by atoms with Gasteiger partial charge in [0, 0.05) is 21.5 Å². The lowest BCUT2D eigenvalue weighted by atomic mass is 10.1. The van der Waals surface area contributed by atoms with E-state index in [2.05, 4.69) is 12.1 Å². The Bertz CT molecular complexity index is 1150. The number of benzene rings is 3. The van der Waals surface area contributed by atoms with E-state index in [-0.39, 0.29) is 0 Å². The smallest absolute Gasteiger partial charge is 0.136 e. The van der Waals surface area contributed by atoms with Crippen molar-refractivity contribution in [2.24, 2.45) is 0 Å². The Labute approximate surface area is 120 Å². The summed E-state index contributed by atoms with van der Waals surface area (Å²) >= 11 is 0. The monoisotopic (exact) mass is 272 g/mol. The molecule has 21 heavy (non-hydrogen) atoms. The Kier molecular flexibility index (Phi) is 1.84. The maximum atomic E-state index is 6.26. The van der Waals surface area contributed by atoms with Crippen molar-refractivity contribution < 1.29 is 4.42 Å². The molecular weight excluding hydrogens is 260 g/mol. The zero-order chi connectivity index (χ0) is 14.0.